The van der Waals surface area contributed by atoms with Gasteiger partial charge in [0.1, 0.15) is 0 Å². The second kappa shape index (κ2) is 9.33. The Balaban J connectivity index is 1.80. The molecule has 4 amide bonds. The third-order valence-electron chi connectivity index (χ3n) is 3.51. The number of halogens is 1. The van der Waals surface area contributed by atoms with Crippen LogP contribution in [-0.2, 0) is 4.79 Å². The van der Waals surface area contributed by atoms with Crippen LogP contribution in [0, 0.1) is 17.0 Å². The number of nitrogens with one attached hydrogen (secondary N) is 4. The first-order chi connectivity index (χ1) is 13.3. The summed E-state index contributed by atoms with van der Waals surface area (Å²) in [7, 11) is 0. The average Bonchev–Trinajstić information content (AvgIpc) is 2.66. The summed E-state index contributed by atoms with van der Waals surface area (Å²) in [5.74, 6) is -1.16. The Morgan fingerprint density at radius 2 is 1.75 bits per heavy atom. The molecule has 0 aliphatic heterocycles. The zero-order chi connectivity index (χ0) is 20.7. The van der Waals surface area contributed by atoms with Gasteiger partial charge in [-0.05, 0) is 36.8 Å². The van der Waals surface area contributed by atoms with Crippen LogP contribution in [0.3, 0.4) is 0 Å². The summed E-state index contributed by atoms with van der Waals surface area (Å²) in [6.45, 7) is 1.28. The Morgan fingerprint density at radius 3 is 2.39 bits per heavy atom. The molecule has 0 bridgehead atoms. The van der Waals surface area contributed by atoms with Crippen LogP contribution in [0.1, 0.15) is 15.9 Å². The molecule has 0 atom stereocenters. The Hall–Kier alpha value is -3.66. The summed E-state index contributed by atoms with van der Waals surface area (Å²) >= 11 is 5.73. The number of nitro benzene ring substituents is 1. The maximum atomic E-state index is 11.9. The number of rotatable bonds is 5. The summed E-state index contributed by atoms with van der Waals surface area (Å²) in [5, 5.41) is 16.0. The van der Waals surface area contributed by atoms with Crippen molar-refractivity contribution in [2.45, 2.75) is 6.92 Å². The van der Waals surface area contributed by atoms with Gasteiger partial charge in [0.2, 0.25) is 0 Å². The van der Waals surface area contributed by atoms with E-state index in [9.17, 15) is 24.5 Å². The zero-order valence-corrected chi connectivity index (χ0v) is 15.4. The number of hydrogen-bond acceptors (Lipinski definition) is 5. The van der Waals surface area contributed by atoms with Crippen molar-refractivity contribution < 1.29 is 19.3 Å². The Kier molecular flexibility index (Phi) is 6.88. The van der Waals surface area contributed by atoms with E-state index in [1.807, 2.05) is 0 Å². The number of benzene rings is 2. The SMILES string of the molecule is Cc1ccc([N+](=O)[O-])cc1NC(=O)NNC(=O)CNC(=O)c1ccc(Cl)cc1. The van der Waals surface area contributed by atoms with E-state index in [2.05, 4.69) is 21.5 Å². The van der Waals surface area contributed by atoms with Crippen molar-refractivity contribution in [2.24, 2.45) is 0 Å². The number of hydrogen-bond donors (Lipinski definition) is 4. The van der Waals surface area contributed by atoms with Crippen LogP contribution in [0.4, 0.5) is 16.2 Å². The van der Waals surface area contributed by atoms with E-state index in [1.54, 1.807) is 19.1 Å². The zero-order valence-electron chi connectivity index (χ0n) is 14.6. The molecule has 0 saturated carbocycles. The maximum absolute atomic E-state index is 11.9. The molecular formula is C17H16ClN5O5. The number of amides is 4. The molecule has 2 rings (SSSR count). The Bertz CT molecular complexity index is 917. The molecule has 0 aliphatic rings. The van der Waals surface area contributed by atoms with Crippen molar-refractivity contribution in [3.05, 3.63) is 68.7 Å². The van der Waals surface area contributed by atoms with Gasteiger partial charge in [0.05, 0.1) is 17.2 Å². The van der Waals surface area contributed by atoms with Crippen molar-refractivity contribution in [1.82, 2.24) is 16.2 Å². The van der Waals surface area contributed by atoms with Gasteiger partial charge in [-0.1, -0.05) is 17.7 Å². The molecule has 146 valence electrons. The molecule has 11 heteroatoms. The largest absolute Gasteiger partial charge is 0.343 e. The van der Waals surface area contributed by atoms with Crippen LogP contribution in [0.2, 0.25) is 5.02 Å². The Morgan fingerprint density at radius 1 is 1.07 bits per heavy atom. The highest BCUT2D eigenvalue weighted by Gasteiger charge is 2.12. The van der Waals surface area contributed by atoms with Crippen LogP contribution in [0.5, 0.6) is 0 Å². The number of nitro groups is 1. The smallest absolute Gasteiger partial charge is 0.337 e. The fourth-order valence-corrected chi connectivity index (χ4v) is 2.17. The first kappa shape index (κ1) is 20.6. The second-order valence-electron chi connectivity index (χ2n) is 5.57. The van der Waals surface area contributed by atoms with Crippen LogP contribution < -0.4 is 21.5 Å². The first-order valence-electron chi connectivity index (χ1n) is 7.91. The predicted octanol–water partition coefficient (Wildman–Crippen LogP) is 2.14. The molecule has 10 nitrogen and oxygen atoms in total. The number of carbonyl (C=O) groups is 3. The molecule has 0 saturated heterocycles. The van der Waals surface area contributed by atoms with Gasteiger partial charge in [0.15, 0.2) is 0 Å². The van der Waals surface area contributed by atoms with Crippen molar-refractivity contribution >= 4 is 40.8 Å². The van der Waals surface area contributed by atoms with Gasteiger partial charge >= 0.3 is 6.03 Å². The lowest BCUT2D eigenvalue weighted by Crippen LogP contribution is -2.47. The highest BCUT2D eigenvalue weighted by molar-refractivity contribution is 6.30. The van der Waals surface area contributed by atoms with Crippen molar-refractivity contribution in [3.63, 3.8) is 0 Å². The van der Waals surface area contributed by atoms with Crippen LogP contribution in [-0.4, -0.2) is 29.3 Å². The van der Waals surface area contributed by atoms with E-state index in [0.29, 0.717) is 16.1 Å². The normalized spacial score (nSPS) is 9.93. The number of non-ortho nitro benzene ring substituents is 1. The molecule has 0 spiro atoms. The van der Waals surface area contributed by atoms with E-state index < -0.39 is 22.8 Å². The fraction of sp³-hybridized carbons (Fsp3) is 0.118. The molecule has 0 heterocycles. The van der Waals surface area contributed by atoms with Crippen LogP contribution in [0.15, 0.2) is 42.5 Å². The highest BCUT2D eigenvalue weighted by atomic mass is 35.5. The highest BCUT2D eigenvalue weighted by Crippen LogP contribution is 2.21. The summed E-state index contributed by atoms with van der Waals surface area (Å²) in [5.41, 5.74) is 5.15. The lowest BCUT2D eigenvalue weighted by molar-refractivity contribution is -0.384. The standard InChI is InChI=1S/C17H16ClN5O5/c1-10-2-7-13(23(27)28)8-14(10)20-17(26)22-21-15(24)9-19-16(25)11-3-5-12(18)6-4-11/h2-8H,9H2,1H3,(H,19,25)(H,21,24)(H2,20,22,26). The molecule has 2 aromatic carbocycles. The minimum Gasteiger partial charge on any atom is -0.343 e. The molecule has 28 heavy (non-hydrogen) atoms. The fourth-order valence-electron chi connectivity index (χ4n) is 2.05. The van der Waals surface area contributed by atoms with Gasteiger partial charge in [0.25, 0.3) is 17.5 Å². The van der Waals surface area contributed by atoms with E-state index in [1.165, 1.54) is 30.3 Å². The van der Waals surface area contributed by atoms with E-state index in [-0.39, 0.29) is 17.9 Å². The van der Waals surface area contributed by atoms with Crippen LogP contribution in [0.25, 0.3) is 0 Å². The molecule has 2 aromatic rings. The number of nitrogens with zero attached hydrogens (tertiary/aromatic N) is 1. The molecule has 4 N–H and O–H groups in total. The predicted molar refractivity (Wildman–Crippen MR) is 102 cm³/mol. The van der Waals surface area contributed by atoms with Gasteiger partial charge in [-0.2, -0.15) is 0 Å². The van der Waals surface area contributed by atoms with E-state index in [0.717, 1.165) is 0 Å². The van der Waals surface area contributed by atoms with Crippen molar-refractivity contribution in [2.75, 3.05) is 11.9 Å². The molecule has 0 aliphatic carbocycles. The molecule has 0 fully saturated rings. The molecule has 0 radical (unpaired) electrons. The molecular weight excluding hydrogens is 390 g/mol. The lowest BCUT2D eigenvalue weighted by atomic mass is 10.2. The number of carbonyl (C=O) groups excluding carboxylic acids is 3. The number of aryl methyl sites for hydroxylation is 1. The topological polar surface area (TPSA) is 142 Å². The maximum Gasteiger partial charge on any atom is 0.337 e. The van der Waals surface area contributed by atoms with Crippen LogP contribution >= 0.6 is 11.6 Å². The minimum atomic E-state index is -0.805. The Labute approximate surface area is 164 Å². The lowest BCUT2D eigenvalue weighted by Gasteiger charge is -2.11. The van der Waals surface area contributed by atoms with Gasteiger partial charge in [-0.3, -0.25) is 25.1 Å². The molecule has 0 aromatic heterocycles. The number of anilines is 1. The number of urea groups is 1. The average molecular weight is 406 g/mol. The summed E-state index contributed by atoms with van der Waals surface area (Å²) < 4.78 is 0. The van der Waals surface area contributed by atoms with Gasteiger partial charge in [-0.25, -0.2) is 10.2 Å². The molecule has 0 unspecified atom stereocenters. The quantitative estimate of drug-likeness (QED) is 0.445. The van der Waals surface area contributed by atoms with E-state index >= 15 is 0 Å². The third-order valence-corrected chi connectivity index (χ3v) is 3.76. The van der Waals surface area contributed by atoms with Crippen molar-refractivity contribution in [3.8, 4) is 0 Å². The first-order valence-corrected chi connectivity index (χ1v) is 8.28. The van der Waals surface area contributed by atoms with E-state index in [4.69, 9.17) is 11.6 Å². The van der Waals surface area contributed by atoms with Gasteiger partial charge < -0.3 is 10.6 Å². The second-order valence-corrected chi connectivity index (χ2v) is 6.01. The van der Waals surface area contributed by atoms with Crippen molar-refractivity contribution in [1.29, 1.82) is 0 Å². The summed E-state index contributed by atoms with van der Waals surface area (Å²) in [6, 6.07) is 9.27. The summed E-state index contributed by atoms with van der Waals surface area (Å²) in [4.78, 5) is 45.6. The third kappa shape index (κ3) is 5.95. The van der Waals surface area contributed by atoms with Gasteiger partial charge in [0, 0.05) is 22.7 Å². The minimum absolute atomic E-state index is 0.185. The summed E-state index contributed by atoms with van der Waals surface area (Å²) in [6.07, 6.45) is 0. The van der Waals surface area contributed by atoms with Gasteiger partial charge in [-0.15, -0.1) is 0 Å². The number of hydrazine groups is 1. The monoisotopic (exact) mass is 405 g/mol.